The summed E-state index contributed by atoms with van der Waals surface area (Å²) < 4.78 is 29.9. The topological polar surface area (TPSA) is 99.6 Å². The monoisotopic (exact) mass is 344 g/mol. The second-order valence-corrected chi connectivity index (χ2v) is 6.91. The summed E-state index contributed by atoms with van der Waals surface area (Å²) in [5.41, 5.74) is -0.540. The predicted molar refractivity (Wildman–Crippen MR) is 84.4 cm³/mol. The lowest BCUT2D eigenvalue weighted by Crippen LogP contribution is -2.33. The van der Waals surface area contributed by atoms with Crippen molar-refractivity contribution in [3.63, 3.8) is 0 Å². The van der Waals surface area contributed by atoms with Crippen molar-refractivity contribution in [3.05, 3.63) is 44.2 Å². The molecule has 9 heteroatoms. The first-order valence-corrected chi connectivity index (χ1v) is 9.09. The minimum atomic E-state index is -3.35. The van der Waals surface area contributed by atoms with Gasteiger partial charge >= 0.3 is 13.3 Å². The van der Waals surface area contributed by atoms with E-state index in [1.807, 2.05) is 0 Å². The Kier molecular flexibility index (Phi) is 5.62. The van der Waals surface area contributed by atoms with Crippen molar-refractivity contribution in [1.29, 1.82) is 0 Å². The number of nitrogens with zero attached hydrogens (tertiary/aromatic N) is 1. The summed E-state index contributed by atoms with van der Waals surface area (Å²) in [6.07, 6.45) is 1.93. The van der Waals surface area contributed by atoms with Gasteiger partial charge in [-0.1, -0.05) is 0 Å². The van der Waals surface area contributed by atoms with Gasteiger partial charge in [-0.3, -0.25) is 18.9 Å². The highest BCUT2D eigenvalue weighted by Crippen LogP contribution is 2.52. The van der Waals surface area contributed by atoms with Gasteiger partial charge in [-0.2, -0.15) is 0 Å². The van der Waals surface area contributed by atoms with Crippen molar-refractivity contribution in [2.75, 3.05) is 13.2 Å². The Morgan fingerprint density at radius 3 is 2.65 bits per heavy atom. The molecule has 0 spiro atoms. The van der Waals surface area contributed by atoms with Gasteiger partial charge in [-0.05, 0) is 20.8 Å². The molecular formula is C14H21N2O6P. The third kappa shape index (κ3) is 4.22. The van der Waals surface area contributed by atoms with Crippen molar-refractivity contribution >= 4 is 7.60 Å². The molecule has 1 aromatic heterocycles. The maximum absolute atomic E-state index is 12.5. The van der Waals surface area contributed by atoms with Gasteiger partial charge in [0.2, 0.25) is 0 Å². The molecule has 0 aromatic carbocycles. The largest absolute Gasteiger partial charge is 0.474 e. The molecule has 0 amide bonds. The van der Waals surface area contributed by atoms with E-state index in [1.165, 1.54) is 16.6 Å². The van der Waals surface area contributed by atoms with E-state index in [4.69, 9.17) is 13.8 Å². The first kappa shape index (κ1) is 17.7. The highest BCUT2D eigenvalue weighted by atomic mass is 31.2. The molecule has 0 bridgehead atoms. The first-order valence-electron chi connectivity index (χ1n) is 7.47. The van der Waals surface area contributed by atoms with Crippen LogP contribution in [-0.2, 0) is 18.3 Å². The number of aryl methyl sites for hydroxylation is 1. The van der Waals surface area contributed by atoms with Gasteiger partial charge in [0.15, 0.2) is 6.23 Å². The van der Waals surface area contributed by atoms with E-state index < -0.39 is 25.1 Å². The van der Waals surface area contributed by atoms with Gasteiger partial charge in [0.1, 0.15) is 5.76 Å². The number of aromatic amines is 1. The van der Waals surface area contributed by atoms with E-state index in [0.29, 0.717) is 24.2 Å². The van der Waals surface area contributed by atoms with Crippen LogP contribution in [0.25, 0.3) is 0 Å². The van der Waals surface area contributed by atoms with E-state index in [-0.39, 0.29) is 13.2 Å². The molecule has 1 saturated heterocycles. The molecule has 1 aliphatic rings. The molecule has 23 heavy (non-hydrogen) atoms. The highest BCUT2D eigenvalue weighted by Gasteiger charge is 2.28. The van der Waals surface area contributed by atoms with Gasteiger partial charge in [-0.15, -0.1) is 0 Å². The Bertz CT molecular complexity index is 740. The summed E-state index contributed by atoms with van der Waals surface area (Å²) in [5.74, 6) is 1.82. The maximum Gasteiger partial charge on any atom is 0.357 e. The second-order valence-electron chi connectivity index (χ2n) is 5.06. The van der Waals surface area contributed by atoms with Crippen LogP contribution in [0.1, 0.15) is 38.5 Å². The number of H-pyrrole nitrogens is 1. The van der Waals surface area contributed by atoms with Crippen LogP contribution in [0.5, 0.6) is 0 Å². The molecular weight excluding hydrogens is 323 g/mol. The van der Waals surface area contributed by atoms with E-state index in [2.05, 4.69) is 4.98 Å². The van der Waals surface area contributed by atoms with Crippen LogP contribution in [0.4, 0.5) is 0 Å². The number of rotatable bonds is 6. The lowest BCUT2D eigenvalue weighted by atomic mass is 10.3. The Morgan fingerprint density at radius 1 is 1.39 bits per heavy atom. The minimum absolute atomic E-state index is 0.253. The fraction of sp³-hybridized carbons (Fsp3) is 0.571. The molecule has 0 unspecified atom stereocenters. The summed E-state index contributed by atoms with van der Waals surface area (Å²) in [6.45, 7) is 5.57. The Labute approximate surface area is 133 Å². The molecule has 1 atom stereocenters. The lowest BCUT2D eigenvalue weighted by Gasteiger charge is -2.16. The Balaban J connectivity index is 2.22. The number of ether oxygens (including phenoxy) is 1. The maximum atomic E-state index is 12.5. The zero-order valence-electron chi connectivity index (χ0n) is 13.4. The van der Waals surface area contributed by atoms with E-state index in [9.17, 15) is 14.2 Å². The van der Waals surface area contributed by atoms with Gasteiger partial charge in [0, 0.05) is 24.6 Å². The Hall–Kier alpha value is -1.63. The fourth-order valence-corrected chi connectivity index (χ4v) is 3.78. The molecule has 1 aromatic rings. The summed E-state index contributed by atoms with van der Waals surface area (Å²) in [6, 6.07) is 0. The third-order valence-electron chi connectivity index (χ3n) is 3.30. The minimum Gasteiger partial charge on any atom is -0.474 e. The Morgan fingerprint density at radius 2 is 2.04 bits per heavy atom. The molecule has 128 valence electrons. The molecule has 0 aliphatic carbocycles. The number of allylic oxidation sites excluding steroid dienone is 1. The number of hydrogen-bond acceptors (Lipinski definition) is 6. The quantitative estimate of drug-likeness (QED) is 0.795. The summed E-state index contributed by atoms with van der Waals surface area (Å²) >= 11 is 0. The van der Waals surface area contributed by atoms with Crippen molar-refractivity contribution in [2.45, 2.75) is 39.8 Å². The summed E-state index contributed by atoms with van der Waals surface area (Å²) in [7, 11) is -3.35. The number of nitrogens with one attached hydrogen (secondary N) is 1. The number of aromatic nitrogens is 2. The van der Waals surface area contributed by atoms with Crippen molar-refractivity contribution in [3.8, 4) is 0 Å². The van der Waals surface area contributed by atoms with Crippen LogP contribution >= 0.6 is 7.60 Å². The van der Waals surface area contributed by atoms with Crippen LogP contribution < -0.4 is 11.2 Å². The highest BCUT2D eigenvalue weighted by molar-refractivity contribution is 7.57. The molecule has 0 saturated carbocycles. The van der Waals surface area contributed by atoms with Crippen molar-refractivity contribution in [2.24, 2.45) is 0 Å². The predicted octanol–water partition coefficient (Wildman–Crippen LogP) is 2.26. The van der Waals surface area contributed by atoms with Gasteiger partial charge in [-0.25, -0.2) is 4.79 Å². The average Bonchev–Trinajstić information content (AvgIpc) is 2.91. The lowest BCUT2D eigenvalue weighted by molar-refractivity contribution is 0.0926. The van der Waals surface area contributed by atoms with Crippen molar-refractivity contribution < 1.29 is 18.3 Å². The smallest absolute Gasteiger partial charge is 0.357 e. The molecule has 2 rings (SSSR count). The van der Waals surface area contributed by atoms with E-state index in [0.717, 1.165) is 0 Å². The molecule has 1 N–H and O–H groups in total. The van der Waals surface area contributed by atoms with E-state index in [1.54, 1.807) is 20.8 Å². The average molecular weight is 344 g/mol. The zero-order valence-corrected chi connectivity index (χ0v) is 14.3. The number of hydrogen-bond donors (Lipinski definition) is 1. The molecule has 2 heterocycles. The van der Waals surface area contributed by atoms with Crippen LogP contribution in [0, 0.1) is 6.92 Å². The van der Waals surface area contributed by atoms with Gasteiger partial charge < -0.3 is 13.8 Å². The second kappa shape index (κ2) is 7.29. The van der Waals surface area contributed by atoms with E-state index >= 15 is 0 Å². The molecule has 8 nitrogen and oxygen atoms in total. The first-order chi connectivity index (χ1) is 10.9. The summed E-state index contributed by atoms with van der Waals surface area (Å²) in [5, 5.41) is 0. The zero-order chi connectivity index (χ0) is 17.0. The van der Waals surface area contributed by atoms with Gasteiger partial charge in [0.05, 0.1) is 19.0 Å². The van der Waals surface area contributed by atoms with Crippen molar-refractivity contribution in [1.82, 2.24) is 9.55 Å². The third-order valence-corrected chi connectivity index (χ3v) is 5.14. The summed E-state index contributed by atoms with van der Waals surface area (Å²) in [4.78, 5) is 25.5. The standard InChI is InChI=1S/C14H21N2O6P/c1-4-20-23(19,21-5-2)9-11-6-7-12(22-11)16-8-10(3)13(17)15-14(16)18/h8-9,12H,4-7H2,1-3H3,(H,15,17,18)/b11-9+/t12-/m1/s1. The van der Waals surface area contributed by atoms with Crippen LogP contribution in [-0.4, -0.2) is 22.8 Å². The molecule has 0 radical (unpaired) electrons. The SMILES string of the molecule is CCOP(=O)(/C=C1\CC[C@H](n2cc(C)c(=O)[nH]c2=O)O1)OCC. The van der Waals surface area contributed by atoms with Crippen LogP contribution in [0.2, 0.25) is 0 Å². The fourth-order valence-electron chi connectivity index (χ4n) is 2.30. The normalized spacial score (nSPS) is 20.0. The van der Waals surface area contributed by atoms with Crippen LogP contribution in [0.3, 0.4) is 0 Å². The van der Waals surface area contributed by atoms with Gasteiger partial charge in [0.25, 0.3) is 5.56 Å². The molecule has 1 aliphatic heterocycles. The molecule has 1 fully saturated rings. The van der Waals surface area contributed by atoms with Crippen LogP contribution in [0.15, 0.2) is 27.4 Å².